The first kappa shape index (κ1) is 11.1. The Kier molecular flexibility index (Phi) is 2.64. The zero-order valence-corrected chi connectivity index (χ0v) is 10.7. The molecule has 0 aliphatic carbocycles. The van der Waals surface area contributed by atoms with Gasteiger partial charge in [-0.05, 0) is 12.5 Å². The lowest BCUT2D eigenvalue weighted by Gasteiger charge is -2.45. The molecule has 0 spiro atoms. The van der Waals surface area contributed by atoms with Gasteiger partial charge in [-0.15, -0.1) is 11.8 Å². The van der Waals surface area contributed by atoms with Crippen LogP contribution in [0.3, 0.4) is 0 Å². The molecule has 4 heteroatoms. The second kappa shape index (κ2) is 4.03. The number of thioether (sulfide) groups is 1. The second-order valence-corrected chi connectivity index (χ2v) is 5.81. The summed E-state index contributed by atoms with van der Waals surface area (Å²) in [4.78, 5) is 13.8. The van der Waals surface area contributed by atoms with E-state index in [0.717, 1.165) is 13.1 Å². The Balaban J connectivity index is 1.99. The Morgan fingerprint density at radius 2 is 2.18 bits per heavy atom. The van der Waals surface area contributed by atoms with E-state index in [1.807, 2.05) is 11.0 Å². The van der Waals surface area contributed by atoms with E-state index in [-0.39, 0.29) is 16.8 Å². The van der Waals surface area contributed by atoms with Crippen molar-refractivity contribution < 1.29 is 4.79 Å². The van der Waals surface area contributed by atoms with E-state index in [1.54, 1.807) is 11.8 Å². The van der Waals surface area contributed by atoms with Gasteiger partial charge in [0.05, 0.1) is 11.3 Å². The van der Waals surface area contributed by atoms with Crippen molar-refractivity contribution in [2.45, 2.75) is 17.8 Å². The van der Waals surface area contributed by atoms with Crippen LogP contribution >= 0.6 is 11.8 Å². The quantitative estimate of drug-likeness (QED) is 0.815. The molecule has 2 aliphatic rings. The summed E-state index contributed by atoms with van der Waals surface area (Å²) >= 11 is 1.75. The Hall–Kier alpha value is -1.000. The minimum Gasteiger partial charge on any atom is -0.326 e. The van der Waals surface area contributed by atoms with Crippen LogP contribution in [0, 0.1) is 0 Å². The van der Waals surface area contributed by atoms with E-state index < -0.39 is 0 Å². The third-order valence-corrected chi connectivity index (χ3v) is 5.14. The van der Waals surface area contributed by atoms with Crippen LogP contribution in [0.4, 0.5) is 0 Å². The molecule has 0 radical (unpaired) electrons. The second-order valence-electron chi connectivity index (χ2n) is 4.75. The van der Waals surface area contributed by atoms with E-state index in [0.29, 0.717) is 5.75 Å². The van der Waals surface area contributed by atoms with Crippen molar-refractivity contribution in [2.75, 3.05) is 18.8 Å². The highest BCUT2D eigenvalue weighted by molar-refractivity contribution is 8.01. The number of amides is 1. The molecule has 3 nitrogen and oxygen atoms in total. The summed E-state index contributed by atoms with van der Waals surface area (Å²) in [5.74, 6) is 0.901. The van der Waals surface area contributed by atoms with Gasteiger partial charge in [-0.25, -0.2) is 0 Å². The molecule has 1 N–H and O–H groups in total. The summed E-state index contributed by atoms with van der Waals surface area (Å²) in [6.45, 7) is 3.90. The molecular formula is C13H16N2OS. The Labute approximate surface area is 106 Å². The Morgan fingerprint density at radius 3 is 2.94 bits per heavy atom. The number of carbonyl (C=O) groups is 1. The molecule has 1 amide bonds. The summed E-state index contributed by atoms with van der Waals surface area (Å²) in [6.07, 6.45) is 0. The van der Waals surface area contributed by atoms with E-state index in [1.165, 1.54) is 5.56 Å². The molecule has 17 heavy (non-hydrogen) atoms. The first-order valence-corrected chi connectivity index (χ1v) is 6.98. The van der Waals surface area contributed by atoms with E-state index in [9.17, 15) is 4.79 Å². The number of benzene rings is 1. The highest BCUT2D eigenvalue weighted by Crippen LogP contribution is 2.40. The lowest BCUT2D eigenvalue weighted by Crippen LogP contribution is -2.61. The number of carbonyl (C=O) groups excluding carboxylic acids is 1. The van der Waals surface area contributed by atoms with Crippen molar-refractivity contribution in [3.05, 3.63) is 35.9 Å². The zero-order chi connectivity index (χ0) is 11.9. The minimum atomic E-state index is -0.129. The van der Waals surface area contributed by atoms with Gasteiger partial charge in [-0.2, -0.15) is 0 Å². The number of rotatable bonds is 1. The van der Waals surface area contributed by atoms with Gasteiger partial charge in [-0.1, -0.05) is 30.3 Å². The van der Waals surface area contributed by atoms with Crippen LogP contribution in [0.1, 0.15) is 12.5 Å². The first-order chi connectivity index (χ1) is 8.22. The minimum absolute atomic E-state index is 0.129. The van der Waals surface area contributed by atoms with Crippen LogP contribution in [0.25, 0.3) is 0 Å². The summed E-state index contributed by atoms with van der Waals surface area (Å²) in [6, 6.07) is 10.4. The fourth-order valence-corrected chi connectivity index (χ4v) is 4.15. The van der Waals surface area contributed by atoms with Gasteiger partial charge < -0.3 is 10.2 Å². The maximum atomic E-state index is 11.8. The van der Waals surface area contributed by atoms with Crippen LogP contribution in [0.2, 0.25) is 0 Å². The summed E-state index contributed by atoms with van der Waals surface area (Å²) in [7, 11) is 0. The lowest BCUT2D eigenvalue weighted by atomic mass is 9.89. The van der Waals surface area contributed by atoms with E-state index in [2.05, 4.69) is 36.5 Å². The molecule has 2 fully saturated rings. The topological polar surface area (TPSA) is 32.3 Å². The average molecular weight is 248 g/mol. The largest absolute Gasteiger partial charge is 0.326 e. The van der Waals surface area contributed by atoms with Gasteiger partial charge in [0.2, 0.25) is 5.91 Å². The van der Waals surface area contributed by atoms with Crippen LogP contribution < -0.4 is 5.32 Å². The number of nitrogens with one attached hydrogen (secondary N) is 1. The Morgan fingerprint density at radius 1 is 1.41 bits per heavy atom. The van der Waals surface area contributed by atoms with Crippen LogP contribution in [-0.4, -0.2) is 35.0 Å². The van der Waals surface area contributed by atoms with Gasteiger partial charge in [0.15, 0.2) is 0 Å². The summed E-state index contributed by atoms with van der Waals surface area (Å²) in [5, 5.41) is 3.82. The van der Waals surface area contributed by atoms with Gasteiger partial charge in [0.1, 0.15) is 5.37 Å². The average Bonchev–Trinajstić information content (AvgIpc) is 2.74. The van der Waals surface area contributed by atoms with Gasteiger partial charge in [0.25, 0.3) is 0 Å². The zero-order valence-electron chi connectivity index (χ0n) is 9.85. The highest BCUT2D eigenvalue weighted by atomic mass is 32.2. The molecular weight excluding hydrogens is 232 g/mol. The normalized spacial score (nSPS) is 32.6. The first-order valence-electron chi connectivity index (χ1n) is 5.93. The molecule has 2 atom stereocenters. The Bertz CT molecular complexity index is 436. The monoisotopic (exact) mass is 248 g/mol. The molecule has 1 aromatic carbocycles. The molecule has 2 saturated heterocycles. The van der Waals surface area contributed by atoms with Gasteiger partial charge in [-0.3, -0.25) is 4.79 Å². The molecule has 3 rings (SSSR count). The number of piperazine rings is 1. The van der Waals surface area contributed by atoms with Crippen LogP contribution in [0.15, 0.2) is 30.3 Å². The van der Waals surface area contributed by atoms with Crippen molar-refractivity contribution in [3.8, 4) is 0 Å². The van der Waals surface area contributed by atoms with Crippen molar-refractivity contribution in [3.63, 3.8) is 0 Å². The SMILES string of the molecule is C[C@@]1(c2ccccc2)NCCN2C(=O)CS[C@H]21. The lowest BCUT2D eigenvalue weighted by molar-refractivity contribution is -0.130. The summed E-state index contributed by atoms with van der Waals surface area (Å²) in [5.41, 5.74) is 1.13. The third-order valence-electron chi connectivity index (χ3n) is 3.68. The van der Waals surface area contributed by atoms with Crippen LogP contribution in [-0.2, 0) is 10.3 Å². The molecule has 2 heterocycles. The number of hydrogen-bond acceptors (Lipinski definition) is 3. The maximum absolute atomic E-state index is 11.8. The predicted octanol–water partition coefficient (Wildman–Crippen LogP) is 1.41. The predicted molar refractivity (Wildman–Crippen MR) is 69.8 cm³/mol. The number of hydrogen-bond donors (Lipinski definition) is 1. The van der Waals surface area contributed by atoms with Crippen molar-refractivity contribution in [1.82, 2.24) is 10.2 Å². The number of nitrogens with zero attached hydrogens (tertiary/aromatic N) is 1. The molecule has 0 unspecified atom stereocenters. The van der Waals surface area contributed by atoms with Crippen LogP contribution in [0.5, 0.6) is 0 Å². The van der Waals surface area contributed by atoms with Crippen molar-refractivity contribution in [1.29, 1.82) is 0 Å². The molecule has 2 aliphatic heterocycles. The van der Waals surface area contributed by atoms with Gasteiger partial charge in [0, 0.05) is 13.1 Å². The number of fused-ring (bicyclic) bond motifs is 1. The molecule has 0 saturated carbocycles. The van der Waals surface area contributed by atoms with Crippen molar-refractivity contribution >= 4 is 17.7 Å². The van der Waals surface area contributed by atoms with E-state index in [4.69, 9.17) is 0 Å². The molecule has 90 valence electrons. The molecule has 0 bridgehead atoms. The van der Waals surface area contributed by atoms with Gasteiger partial charge >= 0.3 is 0 Å². The maximum Gasteiger partial charge on any atom is 0.233 e. The highest BCUT2D eigenvalue weighted by Gasteiger charge is 2.47. The van der Waals surface area contributed by atoms with E-state index >= 15 is 0 Å². The van der Waals surface area contributed by atoms with Crippen molar-refractivity contribution in [2.24, 2.45) is 0 Å². The standard InChI is InChI=1S/C13H16N2OS/c1-13(10-5-3-2-4-6-10)12-15(8-7-14-13)11(16)9-17-12/h2-6,12,14H,7-9H2,1H3/t12-,13-/m0/s1. The molecule has 0 aromatic heterocycles. The summed E-state index contributed by atoms with van der Waals surface area (Å²) < 4.78 is 0. The fourth-order valence-electron chi connectivity index (χ4n) is 2.73. The smallest absolute Gasteiger partial charge is 0.233 e. The fraction of sp³-hybridized carbons (Fsp3) is 0.462. The third kappa shape index (κ3) is 1.67. The molecule has 1 aromatic rings.